The van der Waals surface area contributed by atoms with E-state index < -0.39 is 35.4 Å². The highest BCUT2D eigenvalue weighted by atomic mass is 19.4. The van der Waals surface area contributed by atoms with Gasteiger partial charge in [-0.25, -0.2) is 0 Å². The van der Waals surface area contributed by atoms with E-state index in [9.17, 15) is 35.9 Å². The molecule has 2 aliphatic heterocycles. The second-order valence-electron chi connectivity index (χ2n) is 11.0. The number of carbonyl (C=O) groups excluding carboxylic acids is 2. The van der Waals surface area contributed by atoms with Gasteiger partial charge in [-0.2, -0.15) is 26.3 Å². The first kappa shape index (κ1) is 28.3. The molecular weight excluding hydrogens is 540 g/mol. The lowest BCUT2D eigenvalue weighted by Crippen LogP contribution is -2.48. The molecule has 216 valence electrons. The summed E-state index contributed by atoms with van der Waals surface area (Å²) in [6, 6.07) is 6.96. The van der Waals surface area contributed by atoms with E-state index in [4.69, 9.17) is 4.74 Å². The van der Waals surface area contributed by atoms with Crippen LogP contribution in [0.3, 0.4) is 0 Å². The van der Waals surface area contributed by atoms with Crippen molar-refractivity contribution in [2.75, 3.05) is 25.0 Å². The highest BCUT2D eigenvalue weighted by Gasteiger charge is 2.45. The Morgan fingerprint density at radius 2 is 1.62 bits per heavy atom. The molecule has 0 bridgehead atoms. The van der Waals surface area contributed by atoms with Crippen LogP contribution in [-0.4, -0.2) is 36.4 Å². The lowest BCUT2D eigenvalue weighted by Gasteiger charge is -2.41. The molecule has 1 saturated heterocycles. The standard InChI is InChI=1S/C28H29F6N3O3/c29-27(30,31)20-9-19(10-21(12-20)28(32,33)34)14-35-25(39)26(13-17-1-2-17)5-7-37(8-6-26)15-18-3-4-23-22(11-18)36-24(38)16-40-23/h3-4,9-12,17H,1-2,5-8,13-16H2,(H,35,39)(H,36,38). The molecule has 5 rings (SSSR count). The summed E-state index contributed by atoms with van der Waals surface area (Å²) in [5.41, 5.74) is -2.21. The van der Waals surface area contributed by atoms with Crippen LogP contribution in [0, 0.1) is 11.3 Å². The molecule has 2 heterocycles. The summed E-state index contributed by atoms with van der Waals surface area (Å²) in [5.74, 6) is 0.439. The molecule has 0 radical (unpaired) electrons. The van der Waals surface area contributed by atoms with Crippen molar-refractivity contribution in [1.29, 1.82) is 0 Å². The highest BCUT2D eigenvalue weighted by Crippen LogP contribution is 2.46. The molecule has 12 heteroatoms. The first-order chi connectivity index (χ1) is 18.8. The maximum atomic E-state index is 13.4. The van der Waals surface area contributed by atoms with E-state index in [0.29, 0.717) is 68.4 Å². The molecule has 0 aromatic heterocycles. The topological polar surface area (TPSA) is 70.7 Å². The molecule has 6 nitrogen and oxygen atoms in total. The van der Waals surface area contributed by atoms with E-state index in [1.807, 2.05) is 12.1 Å². The molecule has 2 aromatic rings. The van der Waals surface area contributed by atoms with Gasteiger partial charge in [-0.1, -0.05) is 18.9 Å². The van der Waals surface area contributed by atoms with Crippen molar-refractivity contribution >= 4 is 17.5 Å². The lowest BCUT2D eigenvalue weighted by atomic mass is 9.73. The third-order valence-corrected chi connectivity index (χ3v) is 7.85. The number of halogens is 6. The summed E-state index contributed by atoms with van der Waals surface area (Å²) in [4.78, 5) is 27.3. The monoisotopic (exact) mass is 569 g/mol. The minimum atomic E-state index is -4.95. The van der Waals surface area contributed by atoms with Crippen LogP contribution < -0.4 is 15.4 Å². The third kappa shape index (κ3) is 6.54. The number of benzene rings is 2. The Kier molecular flexibility index (Phi) is 7.49. The fourth-order valence-electron chi connectivity index (χ4n) is 5.52. The van der Waals surface area contributed by atoms with Crippen molar-refractivity contribution in [1.82, 2.24) is 10.2 Å². The molecule has 2 fully saturated rings. The smallest absolute Gasteiger partial charge is 0.416 e. The van der Waals surface area contributed by atoms with Crippen molar-refractivity contribution < 1.29 is 40.7 Å². The number of hydrogen-bond donors (Lipinski definition) is 2. The van der Waals surface area contributed by atoms with Crippen molar-refractivity contribution in [2.45, 2.75) is 57.5 Å². The Bertz CT molecular complexity index is 1250. The number of amides is 2. The van der Waals surface area contributed by atoms with Gasteiger partial charge < -0.3 is 15.4 Å². The van der Waals surface area contributed by atoms with Crippen molar-refractivity contribution in [3.63, 3.8) is 0 Å². The number of piperidine rings is 1. The molecule has 0 unspecified atom stereocenters. The van der Waals surface area contributed by atoms with Crippen LogP contribution in [0.1, 0.15) is 54.4 Å². The molecule has 1 saturated carbocycles. The zero-order valence-corrected chi connectivity index (χ0v) is 21.6. The second kappa shape index (κ2) is 10.6. The van der Waals surface area contributed by atoms with Crippen LogP contribution in [0.15, 0.2) is 36.4 Å². The number of hydrogen-bond acceptors (Lipinski definition) is 4. The maximum absolute atomic E-state index is 13.4. The zero-order chi connectivity index (χ0) is 28.7. The first-order valence-electron chi connectivity index (χ1n) is 13.2. The van der Waals surface area contributed by atoms with E-state index >= 15 is 0 Å². The van der Waals surface area contributed by atoms with Gasteiger partial charge in [-0.3, -0.25) is 14.5 Å². The summed E-state index contributed by atoms with van der Waals surface area (Å²) >= 11 is 0. The number of nitrogens with zero attached hydrogens (tertiary/aromatic N) is 1. The van der Waals surface area contributed by atoms with Gasteiger partial charge in [0.05, 0.1) is 22.2 Å². The van der Waals surface area contributed by atoms with Gasteiger partial charge in [0.1, 0.15) is 5.75 Å². The predicted molar refractivity (Wildman–Crippen MR) is 133 cm³/mol. The Hall–Kier alpha value is -3.28. The van der Waals surface area contributed by atoms with Crippen molar-refractivity contribution in [3.05, 3.63) is 58.7 Å². The number of anilines is 1. The molecular formula is C28H29F6N3O3. The number of nitrogens with one attached hydrogen (secondary N) is 2. The minimum absolute atomic E-state index is 0.0269. The van der Waals surface area contributed by atoms with Gasteiger partial charge in [-0.15, -0.1) is 0 Å². The Balaban J connectivity index is 1.25. The quantitative estimate of drug-likeness (QED) is 0.417. The number of likely N-dealkylation sites (tertiary alicyclic amines) is 1. The van der Waals surface area contributed by atoms with E-state index in [-0.39, 0.29) is 30.1 Å². The molecule has 2 N–H and O–H groups in total. The van der Waals surface area contributed by atoms with E-state index in [2.05, 4.69) is 15.5 Å². The van der Waals surface area contributed by atoms with Gasteiger partial charge in [0.2, 0.25) is 5.91 Å². The molecule has 40 heavy (non-hydrogen) atoms. The summed E-state index contributed by atoms with van der Waals surface area (Å²) in [7, 11) is 0. The van der Waals surface area contributed by atoms with Crippen LogP contribution in [0.5, 0.6) is 5.75 Å². The molecule has 2 aromatic carbocycles. The summed E-state index contributed by atoms with van der Waals surface area (Å²) in [5, 5.41) is 5.44. The van der Waals surface area contributed by atoms with E-state index in [0.717, 1.165) is 18.4 Å². The minimum Gasteiger partial charge on any atom is -0.482 e. The fraction of sp³-hybridized carbons (Fsp3) is 0.500. The normalized spacial score (nSPS) is 19.4. The highest BCUT2D eigenvalue weighted by molar-refractivity contribution is 5.95. The van der Waals surface area contributed by atoms with Gasteiger partial charge >= 0.3 is 12.4 Å². The Morgan fingerprint density at radius 3 is 2.23 bits per heavy atom. The molecule has 3 aliphatic rings. The number of ether oxygens (including phenoxy) is 1. The summed E-state index contributed by atoms with van der Waals surface area (Å²) in [6.07, 6.45) is -6.19. The Labute approximate surface area is 227 Å². The number of carbonyl (C=O) groups is 2. The molecule has 0 atom stereocenters. The third-order valence-electron chi connectivity index (χ3n) is 7.85. The largest absolute Gasteiger partial charge is 0.482 e. The van der Waals surface area contributed by atoms with Crippen LogP contribution in [0.4, 0.5) is 32.0 Å². The van der Waals surface area contributed by atoms with Crippen LogP contribution in [0.2, 0.25) is 0 Å². The van der Waals surface area contributed by atoms with Crippen LogP contribution in [0.25, 0.3) is 0 Å². The molecule has 1 aliphatic carbocycles. The van der Waals surface area contributed by atoms with E-state index in [1.54, 1.807) is 6.07 Å². The van der Waals surface area contributed by atoms with Crippen LogP contribution in [-0.2, 0) is 35.0 Å². The fourth-order valence-corrected chi connectivity index (χ4v) is 5.52. The summed E-state index contributed by atoms with van der Waals surface area (Å²) in [6.45, 7) is 1.34. The average Bonchev–Trinajstić information content (AvgIpc) is 3.71. The first-order valence-corrected chi connectivity index (χ1v) is 13.2. The number of rotatable bonds is 7. The lowest BCUT2D eigenvalue weighted by molar-refractivity contribution is -0.143. The maximum Gasteiger partial charge on any atom is 0.416 e. The Morgan fingerprint density at radius 1 is 0.975 bits per heavy atom. The van der Waals surface area contributed by atoms with Gasteiger partial charge in [-0.05, 0) is 79.7 Å². The van der Waals surface area contributed by atoms with Crippen molar-refractivity contribution in [2.24, 2.45) is 11.3 Å². The van der Waals surface area contributed by atoms with E-state index in [1.165, 1.54) is 0 Å². The van der Waals surface area contributed by atoms with Crippen LogP contribution >= 0.6 is 0 Å². The molecule has 2 amide bonds. The molecule has 0 spiro atoms. The SMILES string of the molecule is O=C1COc2ccc(CN3CCC(CC4CC4)(C(=O)NCc4cc(C(F)(F)F)cc(C(F)(F)F)c4)CC3)cc2N1. The summed E-state index contributed by atoms with van der Waals surface area (Å²) < 4.78 is 84.9. The van der Waals surface area contributed by atoms with Crippen molar-refractivity contribution in [3.8, 4) is 5.75 Å². The number of alkyl halides is 6. The average molecular weight is 570 g/mol. The number of fused-ring (bicyclic) bond motifs is 1. The van der Waals surface area contributed by atoms with Gasteiger partial charge in [0.15, 0.2) is 6.61 Å². The predicted octanol–water partition coefficient (Wildman–Crippen LogP) is 5.75. The zero-order valence-electron chi connectivity index (χ0n) is 21.6. The second-order valence-corrected chi connectivity index (χ2v) is 11.0. The van der Waals surface area contributed by atoms with Gasteiger partial charge in [0, 0.05) is 13.1 Å². The van der Waals surface area contributed by atoms with Gasteiger partial charge in [0.25, 0.3) is 5.91 Å².